The fourth-order valence-electron chi connectivity index (χ4n) is 4.60. The van der Waals surface area contributed by atoms with Gasteiger partial charge in [-0.1, -0.05) is 54.6 Å². The van der Waals surface area contributed by atoms with E-state index in [1.54, 1.807) is 19.2 Å². The van der Waals surface area contributed by atoms with Crippen molar-refractivity contribution in [3.05, 3.63) is 125 Å². The Labute approximate surface area is 211 Å². The van der Waals surface area contributed by atoms with Crippen LogP contribution in [-0.4, -0.2) is 15.5 Å². The van der Waals surface area contributed by atoms with Crippen molar-refractivity contribution in [2.24, 2.45) is 0 Å². The van der Waals surface area contributed by atoms with Crippen LogP contribution in [0.25, 0.3) is 35.8 Å². The third kappa shape index (κ3) is 3.58. The molecule has 5 aromatic carbocycles. The second-order valence-corrected chi connectivity index (χ2v) is 12.5. The Morgan fingerprint density at radius 3 is 1.83 bits per heavy atom. The molecule has 0 aliphatic carbocycles. The van der Waals surface area contributed by atoms with E-state index in [0.717, 1.165) is 35.8 Å². The molecule has 0 bridgehead atoms. The quantitative estimate of drug-likeness (QED) is 0.189. The van der Waals surface area contributed by atoms with Crippen LogP contribution in [0.5, 0.6) is 0 Å². The number of hydrogen-bond donors (Lipinski definition) is 0. The zero-order valence-electron chi connectivity index (χ0n) is 19.5. The number of hydrogen-bond acceptors (Lipinski definition) is 3. The maximum atomic E-state index is 13.4. The lowest BCUT2D eigenvalue weighted by Gasteiger charge is -2.19. The molecule has 0 saturated carbocycles. The van der Waals surface area contributed by atoms with Gasteiger partial charge in [0.15, 0.2) is 14.3 Å². The van der Waals surface area contributed by atoms with Crippen molar-refractivity contribution in [2.75, 3.05) is 11.4 Å². The summed E-state index contributed by atoms with van der Waals surface area (Å²) < 4.78 is 30.1. The summed E-state index contributed by atoms with van der Waals surface area (Å²) in [6, 6.07) is 36.0. The Bertz CT molecular complexity index is 1880. The zero-order chi connectivity index (χ0) is 24.9. The fourth-order valence-corrected chi connectivity index (χ4v) is 8.17. The van der Waals surface area contributed by atoms with Gasteiger partial charge in [0.05, 0.1) is 21.4 Å². The maximum absolute atomic E-state index is 13.4. The van der Waals surface area contributed by atoms with Crippen LogP contribution in [0, 0.1) is 0 Å². The second kappa shape index (κ2) is 8.59. The van der Waals surface area contributed by atoms with Gasteiger partial charge in [-0.05, 0) is 59.3 Å². The van der Waals surface area contributed by atoms with Crippen molar-refractivity contribution in [3.63, 3.8) is 0 Å². The highest BCUT2D eigenvalue weighted by molar-refractivity contribution is 7.92. The van der Waals surface area contributed by atoms with E-state index in [4.69, 9.17) is 0 Å². The van der Waals surface area contributed by atoms with Crippen LogP contribution in [0.15, 0.2) is 125 Å². The van der Waals surface area contributed by atoms with E-state index < -0.39 is 20.5 Å². The standard InChI is InChI=1S/C30H22NO3S2/c1-31(36(33,34)25-19-14-21-8-2-3-9-22(21)20-25)23-15-17-24(18-16-23)35-28-12-6-4-10-26(28)30(32)27-11-5-7-13-29(27)35/h2-20H,1H3/q+1. The molecule has 0 saturated heterocycles. The van der Waals surface area contributed by atoms with Gasteiger partial charge < -0.3 is 0 Å². The number of rotatable bonds is 4. The lowest BCUT2D eigenvalue weighted by Crippen LogP contribution is -2.26. The molecule has 0 spiro atoms. The number of benzene rings is 5. The third-order valence-corrected chi connectivity index (χ3v) is 10.6. The Balaban J connectivity index is 1.44. The van der Waals surface area contributed by atoms with Crippen LogP contribution in [0.2, 0.25) is 0 Å². The second-order valence-electron chi connectivity index (χ2n) is 8.60. The van der Waals surface area contributed by atoms with E-state index in [-0.39, 0.29) is 10.3 Å². The molecule has 0 N–H and O–H groups in total. The van der Waals surface area contributed by atoms with E-state index >= 15 is 0 Å². The van der Waals surface area contributed by atoms with E-state index in [9.17, 15) is 13.2 Å². The van der Waals surface area contributed by atoms with E-state index in [0.29, 0.717) is 5.69 Å². The topological polar surface area (TPSA) is 54.5 Å². The van der Waals surface area contributed by atoms with E-state index in [1.807, 2.05) is 103 Å². The smallest absolute Gasteiger partial charge is 0.264 e. The highest BCUT2D eigenvalue weighted by Crippen LogP contribution is 2.43. The van der Waals surface area contributed by atoms with Crippen LogP contribution in [-0.2, 0) is 10.0 Å². The molecular formula is C30H22NO3S2+. The van der Waals surface area contributed by atoms with Crippen molar-refractivity contribution >= 4 is 57.1 Å². The minimum absolute atomic E-state index is 0.0442. The Kier molecular flexibility index (Phi) is 5.36. The molecule has 6 aromatic rings. The monoisotopic (exact) mass is 508 g/mol. The first kappa shape index (κ1) is 22.5. The number of nitrogens with zero attached hydrogens (tertiary/aromatic N) is 1. The first-order valence-corrected chi connectivity index (χ1v) is 14.2. The molecule has 0 amide bonds. The molecule has 36 heavy (non-hydrogen) atoms. The number of anilines is 1. The molecule has 1 heterocycles. The van der Waals surface area contributed by atoms with Gasteiger partial charge >= 0.3 is 0 Å². The van der Waals surface area contributed by atoms with Crippen LogP contribution < -0.4 is 9.73 Å². The summed E-state index contributed by atoms with van der Waals surface area (Å²) in [6.07, 6.45) is 0. The van der Waals surface area contributed by atoms with Crippen molar-refractivity contribution in [1.29, 1.82) is 0 Å². The van der Waals surface area contributed by atoms with Gasteiger partial charge in [-0.2, -0.15) is 0 Å². The summed E-state index contributed by atoms with van der Waals surface area (Å²) in [5, 5.41) is 3.32. The summed E-state index contributed by atoms with van der Waals surface area (Å²) >= 11 is 0. The number of sulfonamides is 1. The first-order valence-electron chi connectivity index (χ1n) is 11.5. The van der Waals surface area contributed by atoms with Crippen molar-refractivity contribution in [1.82, 2.24) is 0 Å². The number of fused-ring (bicyclic) bond motifs is 3. The molecule has 0 unspecified atom stereocenters. The summed E-state index contributed by atoms with van der Waals surface area (Å²) in [6.45, 7) is 0. The zero-order valence-corrected chi connectivity index (χ0v) is 21.1. The molecule has 0 atom stereocenters. The molecule has 0 radical (unpaired) electrons. The van der Waals surface area contributed by atoms with Crippen molar-refractivity contribution in [3.8, 4) is 4.90 Å². The molecule has 176 valence electrons. The molecule has 6 heteroatoms. The Morgan fingerprint density at radius 1 is 0.639 bits per heavy atom. The molecule has 0 fully saturated rings. The van der Waals surface area contributed by atoms with Gasteiger partial charge in [0.2, 0.25) is 5.43 Å². The average Bonchev–Trinajstić information content (AvgIpc) is 2.93. The lowest BCUT2D eigenvalue weighted by molar-refractivity contribution is 0.594. The molecule has 6 rings (SSSR count). The predicted octanol–water partition coefficient (Wildman–Crippen LogP) is 7.07. The normalized spacial score (nSPS) is 11.8. The first-order chi connectivity index (χ1) is 17.4. The van der Waals surface area contributed by atoms with E-state index in [1.165, 1.54) is 4.31 Å². The third-order valence-electron chi connectivity index (χ3n) is 6.52. The summed E-state index contributed by atoms with van der Waals surface area (Å²) in [5.41, 5.74) is 0.618. The fraction of sp³-hybridized carbons (Fsp3) is 0.0333. The largest absolute Gasteiger partial charge is 0.288 e. The highest BCUT2D eigenvalue weighted by Gasteiger charge is 2.25. The molecule has 0 aliphatic rings. The van der Waals surface area contributed by atoms with Crippen LogP contribution in [0.3, 0.4) is 0 Å². The van der Waals surface area contributed by atoms with Gasteiger partial charge in [-0.25, -0.2) is 8.42 Å². The highest BCUT2D eigenvalue weighted by atomic mass is 32.2. The van der Waals surface area contributed by atoms with Crippen molar-refractivity contribution < 1.29 is 8.42 Å². The lowest BCUT2D eigenvalue weighted by atomic mass is 10.1. The van der Waals surface area contributed by atoms with Gasteiger partial charge in [0, 0.05) is 29.7 Å². The van der Waals surface area contributed by atoms with Crippen molar-refractivity contribution in [2.45, 2.75) is 4.90 Å². The Hall–Kier alpha value is -4.00. The van der Waals surface area contributed by atoms with E-state index in [2.05, 4.69) is 0 Å². The molecule has 4 nitrogen and oxygen atoms in total. The van der Waals surface area contributed by atoms with Gasteiger partial charge in [-0.15, -0.1) is 0 Å². The Morgan fingerprint density at radius 2 is 1.19 bits per heavy atom. The predicted molar refractivity (Wildman–Crippen MR) is 151 cm³/mol. The average molecular weight is 509 g/mol. The van der Waals surface area contributed by atoms with Gasteiger partial charge in [-0.3, -0.25) is 9.10 Å². The SMILES string of the molecule is CN(c1ccc(-[s+]2c3ccccc3c(=O)c3ccccc32)cc1)S(=O)(=O)c1ccc2ccccc2c1. The van der Waals surface area contributed by atoms with Gasteiger partial charge in [0.1, 0.15) is 0 Å². The minimum atomic E-state index is -3.73. The minimum Gasteiger partial charge on any atom is -0.288 e. The summed E-state index contributed by atoms with van der Waals surface area (Å²) in [5.74, 6) is 0. The maximum Gasteiger partial charge on any atom is 0.264 e. The van der Waals surface area contributed by atoms with Gasteiger partial charge in [0.25, 0.3) is 10.0 Å². The van der Waals surface area contributed by atoms with Crippen LogP contribution >= 0.6 is 10.5 Å². The van der Waals surface area contributed by atoms with Crippen LogP contribution in [0.1, 0.15) is 0 Å². The molecular weight excluding hydrogens is 486 g/mol. The summed E-state index contributed by atoms with van der Waals surface area (Å²) in [7, 11) is -2.62. The molecule has 0 aliphatic heterocycles. The summed E-state index contributed by atoms with van der Waals surface area (Å²) in [4.78, 5) is 14.4. The molecule has 1 aromatic heterocycles. The van der Waals surface area contributed by atoms with Crippen LogP contribution in [0.4, 0.5) is 5.69 Å².